The number of carbonyl (C=O) groups is 4. The average molecular weight is 282 g/mol. The Kier molecular flexibility index (Phi) is 4.65. The van der Waals surface area contributed by atoms with Gasteiger partial charge in [-0.2, -0.15) is 0 Å². The predicted molar refractivity (Wildman–Crippen MR) is 69.7 cm³/mol. The molecule has 1 aliphatic heterocycles. The molecule has 7 heteroatoms. The summed E-state index contributed by atoms with van der Waals surface area (Å²) in [6.45, 7) is 6.18. The molecule has 1 rings (SSSR count). The average Bonchev–Trinajstić information content (AvgIpc) is 2.58. The summed E-state index contributed by atoms with van der Waals surface area (Å²) in [5.74, 6) is -1.53. The molecule has 0 saturated heterocycles. The Morgan fingerprint density at radius 2 is 1.75 bits per heavy atom. The zero-order valence-electron chi connectivity index (χ0n) is 11.9. The quantitative estimate of drug-likeness (QED) is 0.753. The molecule has 0 radical (unpaired) electrons. The number of ketones is 1. The third-order valence-corrected chi connectivity index (χ3v) is 2.46. The van der Waals surface area contributed by atoms with Gasteiger partial charge >= 0.3 is 6.09 Å². The molecular weight excluding hydrogens is 264 g/mol. The molecule has 0 unspecified atom stereocenters. The summed E-state index contributed by atoms with van der Waals surface area (Å²) in [6.07, 6.45) is 1.47. The minimum absolute atomic E-state index is 0.177. The van der Waals surface area contributed by atoms with Crippen molar-refractivity contribution in [1.29, 1.82) is 0 Å². The van der Waals surface area contributed by atoms with Gasteiger partial charge in [0.15, 0.2) is 5.78 Å². The highest BCUT2D eigenvalue weighted by atomic mass is 16.6. The number of carbonyl (C=O) groups excluding carboxylic acids is 4. The van der Waals surface area contributed by atoms with E-state index in [0.717, 1.165) is 17.1 Å². The first kappa shape index (κ1) is 15.9. The zero-order valence-corrected chi connectivity index (χ0v) is 11.9. The van der Waals surface area contributed by atoms with Crippen LogP contribution < -0.4 is 5.32 Å². The SMILES string of the molecule is CC(=O)[C@H](CNC(=O)OC(C)(C)C)N1C(=O)C=CC1=O. The van der Waals surface area contributed by atoms with E-state index in [2.05, 4.69) is 5.32 Å². The highest BCUT2D eigenvalue weighted by Gasteiger charge is 2.34. The Morgan fingerprint density at radius 3 is 2.15 bits per heavy atom. The molecule has 1 atom stereocenters. The van der Waals surface area contributed by atoms with Crippen LogP contribution in [0, 0.1) is 0 Å². The van der Waals surface area contributed by atoms with Gasteiger partial charge in [-0.15, -0.1) is 0 Å². The van der Waals surface area contributed by atoms with E-state index >= 15 is 0 Å². The molecule has 0 aromatic carbocycles. The van der Waals surface area contributed by atoms with Gasteiger partial charge in [0.05, 0.1) is 0 Å². The molecular formula is C13H18N2O5. The zero-order chi connectivity index (χ0) is 15.5. The van der Waals surface area contributed by atoms with E-state index in [9.17, 15) is 19.2 Å². The summed E-state index contributed by atoms with van der Waals surface area (Å²) in [5, 5.41) is 2.38. The van der Waals surface area contributed by atoms with E-state index in [1.165, 1.54) is 6.92 Å². The second-order valence-electron chi connectivity index (χ2n) is 5.39. The standard InChI is InChI=1S/C13H18N2O5/c1-8(16)9(15-10(17)5-6-11(15)18)7-14-12(19)20-13(2,3)4/h5-6,9H,7H2,1-4H3,(H,14,19)/t9-/m0/s1. The monoisotopic (exact) mass is 282 g/mol. The molecule has 1 aliphatic rings. The van der Waals surface area contributed by atoms with Gasteiger partial charge in [0.1, 0.15) is 11.6 Å². The molecule has 0 fully saturated rings. The first-order valence-corrected chi connectivity index (χ1v) is 6.14. The lowest BCUT2D eigenvalue weighted by atomic mass is 10.1. The lowest BCUT2D eigenvalue weighted by molar-refractivity contribution is -0.144. The van der Waals surface area contributed by atoms with Crippen molar-refractivity contribution in [3.05, 3.63) is 12.2 Å². The van der Waals surface area contributed by atoms with Crippen molar-refractivity contribution >= 4 is 23.7 Å². The number of rotatable bonds is 4. The Morgan fingerprint density at radius 1 is 1.25 bits per heavy atom. The van der Waals surface area contributed by atoms with Crippen molar-refractivity contribution in [2.45, 2.75) is 39.3 Å². The fourth-order valence-corrected chi connectivity index (χ4v) is 1.63. The molecule has 1 heterocycles. The maximum absolute atomic E-state index is 11.6. The van der Waals surface area contributed by atoms with Crippen LogP contribution in [0.1, 0.15) is 27.7 Å². The fraction of sp³-hybridized carbons (Fsp3) is 0.538. The Bertz CT molecular complexity index is 458. The summed E-state index contributed by atoms with van der Waals surface area (Å²) in [4.78, 5) is 46.9. The minimum atomic E-state index is -1.03. The van der Waals surface area contributed by atoms with Crippen molar-refractivity contribution in [2.24, 2.45) is 0 Å². The van der Waals surface area contributed by atoms with Crippen LogP contribution >= 0.6 is 0 Å². The van der Waals surface area contributed by atoms with E-state index in [-0.39, 0.29) is 6.54 Å². The van der Waals surface area contributed by atoms with Gasteiger partial charge in [-0.05, 0) is 27.7 Å². The van der Waals surface area contributed by atoms with Gasteiger partial charge in [0.25, 0.3) is 11.8 Å². The predicted octanol–water partition coefficient (Wildman–Crippen LogP) is 0.394. The highest BCUT2D eigenvalue weighted by Crippen LogP contribution is 2.11. The summed E-state index contributed by atoms with van der Waals surface area (Å²) in [7, 11) is 0. The van der Waals surface area contributed by atoms with E-state index < -0.39 is 35.3 Å². The van der Waals surface area contributed by atoms with Gasteiger partial charge in [0.2, 0.25) is 0 Å². The molecule has 3 amide bonds. The number of nitrogens with one attached hydrogen (secondary N) is 1. The largest absolute Gasteiger partial charge is 0.444 e. The van der Waals surface area contributed by atoms with Crippen LogP contribution in [0.15, 0.2) is 12.2 Å². The Hall–Kier alpha value is -2.18. The number of nitrogens with zero attached hydrogens (tertiary/aromatic N) is 1. The van der Waals surface area contributed by atoms with Crippen molar-refractivity contribution in [2.75, 3.05) is 6.54 Å². The van der Waals surface area contributed by atoms with Gasteiger partial charge in [-0.1, -0.05) is 0 Å². The van der Waals surface area contributed by atoms with Crippen LogP contribution in [-0.4, -0.2) is 46.8 Å². The third kappa shape index (κ3) is 4.18. The number of hydrogen-bond donors (Lipinski definition) is 1. The van der Waals surface area contributed by atoms with Gasteiger partial charge in [0, 0.05) is 18.7 Å². The lowest BCUT2D eigenvalue weighted by Gasteiger charge is -2.25. The van der Waals surface area contributed by atoms with Crippen LogP contribution in [0.5, 0.6) is 0 Å². The lowest BCUT2D eigenvalue weighted by Crippen LogP contribution is -2.51. The molecule has 110 valence electrons. The van der Waals surface area contributed by atoms with E-state index in [1.54, 1.807) is 20.8 Å². The second-order valence-corrected chi connectivity index (χ2v) is 5.39. The smallest absolute Gasteiger partial charge is 0.407 e. The molecule has 0 saturated carbocycles. The molecule has 1 N–H and O–H groups in total. The molecule has 0 bridgehead atoms. The summed E-state index contributed by atoms with van der Waals surface area (Å²) >= 11 is 0. The van der Waals surface area contributed by atoms with E-state index in [4.69, 9.17) is 4.74 Å². The van der Waals surface area contributed by atoms with Crippen LogP contribution in [0.2, 0.25) is 0 Å². The molecule has 7 nitrogen and oxygen atoms in total. The van der Waals surface area contributed by atoms with Gasteiger partial charge in [-0.3, -0.25) is 19.3 Å². The number of Topliss-reactive ketones (excluding diaryl/α,β-unsaturated/α-hetero) is 1. The number of alkyl carbamates (subject to hydrolysis) is 1. The van der Waals surface area contributed by atoms with Crippen LogP contribution in [0.3, 0.4) is 0 Å². The van der Waals surface area contributed by atoms with Crippen LogP contribution in [0.4, 0.5) is 4.79 Å². The number of hydrogen-bond acceptors (Lipinski definition) is 5. The minimum Gasteiger partial charge on any atom is -0.444 e. The van der Waals surface area contributed by atoms with E-state index in [1.807, 2.05) is 0 Å². The molecule has 0 spiro atoms. The fourth-order valence-electron chi connectivity index (χ4n) is 1.63. The Labute approximate surface area is 116 Å². The third-order valence-electron chi connectivity index (χ3n) is 2.46. The Balaban J connectivity index is 2.66. The number of ether oxygens (including phenoxy) is 1. The van der Waals surface area contributed by atoms with Gasteiger partial charge in [-0.25, -0.2) is 4.79 Å². The molecule has 0 aromatic heterocycles. The first-order chi connectivity index (χ1) is 9.11. The van der Waals surface area contributed by atoms with Crippen LogP contribution in [0.25, 0.3) is 0 Å². The summed E-state index contributed by atoms with van der Waals surface area (Å²) < 4.78 is 5.02. The molecule has 0 aromatic rings. The summed E-state index contributed by atoms with van der Waals surface area (Å²) in [6, 6.07) is -1.03. The van der Waals surface area contributed by atoms with Crippen LogP contribution in [-0.2, 0) is 19.1 Å². The summed E-state index contributed by atoms with van der Waals surface area (Å²) in [5.41, 5.74) is -0.670. The maximum atomic E-state index is 11.6. The topological polar surface area (TPSA) is 92.8 Å². The van der Waals surface area contributed by atoms with Crippen molar-refractivity contribution in [3.8, 4) is 0 Å². The number of amides is 3. The second kappa shape index (κ2) is 5.85. The van der Waals surface area contributed by atoms with Crippen molar-refractivity contribution < 1.29 is 23.9 Å². The van der Waals surface area contributed by atoms with Crippen molar-refractivity contribution in [3.63, 3.8) is 0 Å². The first-order valence-electron chi connectivity index (χ1n) is 6.14. The number of imide groups is 1. The van der Waals surface area contributed by atoms with E-state index in [0.29, 0.717) is 0 Å². The molecule has 20 heavy (non-hydrogen) atoms. The van der Waals surface area contributed by atoms with Crippen molar-refractivity contribution in [1.82, 2.24) is 10.2 Å². The highest BCUT2D eigenvalue weighted by molar-refractivity contribution is 6.15. The molecule has 0 aliphatic carbocycles. The normalized spacial score (nSPS) is 16.3. The van der Waals surface area contributed by atoms with Gasteiger partial charge < -0.3 is 10.1 Å². The maximum Gasteiger partial charge on any atom is 0.407 e.